The molecule has 0 unspecified atom stereocenters. The predicted molar refractivity (Wildman–Crippen MR) is 91.9 cm³/mol. The van der Waals surface area contributed by atoms with Gasteiger partial charge in [-0.3, -0.25) is 14.5 Å². The van der Waals surface area contributed by atoms with Crippen molar-refractivity contribution in [2.45, 2.75) is 6.54 Å². The number of benzene rings is 1. The van der Waals surface area contributed by atoms with Crippen LogP contribution < -0.4 is 5.69 Å². The van der Waals surface area contributed by atoms with Gasteiger partial charge < -0.3 is 0 Å². The minimum atomic E-state index is -0.247. The van der Waals surface area contributed by atoms with Gasteiger partial charge in [0, 0.05) is 23.0 Å². The van der Waals surface area contributed by atoms with Gasteiger partial charge in [0.05, 0.1) is 18.4 Å². The van der Waals surface area contributed by atoms with E-state index in [-0.39, 0.29) is 5.69 Å². The number of nitrogens with one attached hydrogen (secondary N) is 1. The summed E-state index contributed by atoms with van der Waals surface area (Å²) >= 11 is 5.91. The smallest absolute Gasteiger partial charge is 0.289 e. The Morgan fingerprint density at radius 1 is 1.12 bits per heavy atom. The largest absolute Gasteiger partial charge is 0.329 e. The van der Waals surface area contributed by atoms with Crippen LogP contribution in [0.3, 0.4) is 0 Å². The molecule has 0 aliphatic carbocycles. The van der Waals surface area contributed by atoms with Gasteiger partial charge in [-0.05, 0) is 29.8 Å². The highest BCUT2D eigenvalue weighted by Crippen LogP contribution is 2.17. The van der Waals surface area contributed by atoms with Crippen LogP contribution in [0.4, 0.5) is 0 Å². The highest BCUT2D eigenvalue weighted by atomic mass is 35.5. The minimum absolute atomic E-state index is 0.247. The van der Waals surface area contributed by atoms with Crippen molar-refractivity contribution in [3.05, 3.63) is 76.1 Å². The van der Waals surface area contributed by atoms with Crippen LogP contribution >= 0.6 is 11.6 Å². The molecule has 0 amide bonds. The minimum Gasteiger partial charge on any atom is -0.289 e. The zero-order chi connectivity index (χ0) is 16.5. The molecular weight excluding hydrogens is 326 g/mol. The van der Waals surface area contributed by atoms with Crippen molar-refractivity contribution in [3.8, 4) is 11.3 Å². The van der Waals surface area contributed by atoms with Gasteiger partial charge in [0.15, 0.2) is 11.3 Å². The van der Waals surface area contributed by atoms with Crippen molar-refractivity contribution in [2.24, 2.45) is 0 Å². The zero-order valence-corrected chi connectivity index (χ0v) is 13.2. The summed E-state index contributed by atoms with van der Waals surface area (Å²) in [7, 11) is 0. The van der Waals surface area contributed by atoms with Gasteiger partial charge in [0.2, 0.25) is 0 Å². The summed E-state index contributed by atoms with van der Waals surface area (Å²) in [6.07, 6.45) is 5.04. The molecule has 0 atom stereocenters. The van der Waals surface area contributed by atoms with E-state index >= 15 is 0 Å². The Morgan fingerprint density at radius 3 is 2.71 bits per heavy atom. The molecule has 3 heterocycles. The molecular formula is C17H12ClN5O. The lowest BCUT2D eigenvalue weighted by atomic mass is 10.2. The van der Waals surface area contributed by atoms with Crippen molar-refractivity contribution in [3.63, 3.8) is 0 Å². The molecule has 0 saturated carbocycles. The van der Waals surface area contributed by atoms with E-state index in [0.717, 1.165) is 11.1 Å². The highest BCUT2D eigenvalue weighted by molar-refractivity contribution is 6.30. The third-order valence-corrected chi connectivity index (χ3v) is 3.94. The van der Waals surface area contributed by atoms with E-state index in [9.17, 15) is 4.79 Å². The van der Waals surface area contributed by atoms with Gasteiger partial charge in [0.1, 0.15) is 0 Å². The first-order chi connectivity index (χ1) is 11.7. The van der Waals surface area contributed by atoms with E-state index in [1.165, 1.54) is 0 Å². The Hall–Kier alpha value is -2.99. The maximum atomic E-state index is 12.2. The fourth-order valence-electron chi connectivity index (χ4n) is 2.49. The van der Waals surface area contributed by atoms with E-state index in [0.29, 0.717) is 28.6 Å². The van der Waals surface area contributed by atoms with Crippen LogP contribution in [0.25, 0.3) is 22.6 Å². The first-order valence-corrected chi connectivity index (χ1v) is 7.69. The molecule has 0 saturated heterocycles. The molecule has 1 N–H and O–H groups in total. The molecule has 3 aromatic heterocycles. The maximum Gasteiger partial charge on any atom is 0.329 e. The van der Waals surface area contributed by atoms with Gasteiger partial charge in [-0.1, -0.05) is 23.7 Å². The maximum absolute atomic E-state index is 12.2. The topological polar surface area (TPSA) is 76.5 Å². The number of aromatic amines is 1. The summed E-state index contributed by atoms with van der Waals surface area (Å²) in [6.45, 7) is 0.390. The molecule has 0 aliphatic heterocycles. The van der Waals surface area contributed by atoms with Gasteiger partial charge in [-0.15, -0.1) is 0 Å². The zero-order valence-electron chi connectivity index (χ0n) is 12.5. The Balaban J connectivity index is 1.81. The molecule has 24 heavy (non-hydrogen) atoms. The first kappa shape index (κ1) is 14.6. The van der Waals surface area contributed by atoms with Crippen LogP contribution in [0.5, 0.6) is 0 Å². The van der Waals surface area contributed by atoms with Crippen molar-refractivity contribution in [1.29, 1.82) is 0 Å². The summed E-state index contributed by atoms with van der Waals surface area (Å²) in [5.74, 6) is 0. The number of H-pyrrole nitrogens is 1. The van der Waals surface area contributed by atoms with Crippen LogP contribution in [0.2, 0.25) is 5.02 Å². The molecule has 1 aromatic carbocycles. The number of pyridine rings is 1. The normalized spacial score (nSPS) is 11.0. The van der Waals surface area contributed by atoms with Gasteiger partial charge in [0.25, 0.3) is 0 Å². The highest BCUT2D eigenvalue weighted by Gasteiger charge is 2.11. The Labute approximate surface area is 141 Å². The number of hydrogen-bond acceptors (Lipinski definition) is 4. The molecule has 0 bridgehead atoms. The Bertz CT molecular complexity index is 1050. The lowest BCUT2D eigenvalue weighted by molar-refractivity contribution is 0.778. The SMILES string of the molecule is O=c1[nH]c2ncc(-c3cccnc3)nc2n1Cc1ccc(Cl)cc1. The number of aromatic nitrogens is 5. The summed E-state index contributed by atoms with van der Waals surface area (Å²) in [5.41, 5.74) is 3.19. The predicted octanol–water partition coefficient (Wildman–Crippen LogP) is 2.88. The Kier molecular flexibility index (Phi) is 3.59. The van der Waals surface area contributed by atoms with E-state index in [4.69, 9.17) is 11.6 Å². The summed E-state index contributed by atoms with van der Waals surface area (Å²) < 4.78 is 1.56. The van der Waals surface area contributed by atoms with E-state index < -0.39 is 0 Å². The second kappa shape index (κ2) is 5.90. The van der Waals surface area contributed by atoms with Crippen LogP contribution in [-0.2, 0) is 6.54 Å². The summed E-state index contributed by atoms with van der Waals surface area (Å²) in [6, 6.07) is 11.1. The molecule has 118 valence electrons. The van der Waals surface area contributed by atoms with Crippen LogP contribution in [0, 0.1) is 0 Å². The standard InChI is InChI=1S/C17H12ClN5O/c18-13-5-3-11(4-6-13)10-23-16-15(22-17(23)24)20-9-14(21-16)12-2-1-7-19-8-12/h1-9H,10H2,(H,20,22,24). The lowest BCUT2D eigenvalue weighted by Gasteiger charge is -2.04. The van der Waals surface area contributed by atoms with E-state index in [1.807, 2.05) is 24.3 Å². The van der Waals surface area contributed by atoms with Gasteiger partial charge in [-0.25, -0.2) is 14.8 Å². The summed E-state index contributed by atoms with van der Waals surface area (Å²) in [5, 5.41) is 0.656. The molecule has 0 aliphatic rings. The molecule has 6 nitrogen and oxygen atoms in total. The fraction of sp³-hybridized carbons (Fsp3) is 0.0588. The third-order valence-electron chi connectivity index (χ3n) is 3.69. The monoisotopic (exact) mass is 337 g/mol. The number of nitrogens with zero attached hydrogens (tertiary/aromatic N) is 4. The molecule has 4 rings (SSSR count). The molecule has 7 heteroatoms. The van der Waals surface area contributed by atoms with Crippen molar-refractivity contribution in [1.82, 2.24) is 24.5 Å². The van der Waals surface area contributed by atoms with E-state index in [1.54, 1.807) is 35.3 Å². The van der Waals surface area contributed by atoms with E-state index in [2.05, 4.69) is 19.9 Å². The third kappa shape index (κ3) is 2.68. The van der Waals surface area contributed by atoms with Crippen LogP contribution in [0.15, 0.2) is 59.8 Å². The second-order valence-corrected chi connectivity index (χ2v) is 5.75. The Morgan fingerprint density at radius 2 is 1.96 bits per heavy atom. The fourth-order valence-corrected chi connectivity index (χ4v) is 2.62. The summed E-state index contributed by atoms with van der Waals surface area (Å²) in [4.78, 5) is 28.0. The molecule has 0 spiro atoms. The average molecular weight is 338 g/mol. The average Bonchev–Trinajstić information content (AvgIpc) is 2.92. The number of rotatable bonds is 3. The second-order valence-electron chi connectivity index (χ2n) is 5.31. The molecule has 4 aromatic rings. The number of halogens is 1. The first-order valence-electron chi connectivity index (χ1n) is 7.31. The van der Waals surface area contributed by atoms with Gasteiger partial charge in [-0.2, -0.15) is 0 Å². The number of fused-ring (bicyclic) bond motifs is 1. The number of imidazole rings is 1. The van der Waals surface area contributed by atoms with Crippen molar-refractivity contribution in [2.75, 3.05) is 0 Å². The quantitative estimate of drug-likeness (QED) is 0.623. The number of hydrogen-bond donors (Lipinski definition) is 1. The molecule has 0 radical (unpaired) electrons. The lowest BCUT2D eigenvalue weighted by Crippen LogP contribution is -2.17. The van der Waals surface area contributed by atoms with Gasteiger partial charge >= 0.3 is 5.69 Å². The van der Waals surface area contributed by atoms with Crippen molar-refractivity contribution < 1.29 is 0 Å². The van der Waals surface area contributed by atoms with Crippen LogP contribution in [0.1, 0.15) is 5.56 Å². The van der Waals surface area contributed by atoms with Crippen LogP contribution in [-0.4, -0.2) is 24.5 Å². The van der Waals surface area contributed by atoms with Crippen molar-refractivity contribution >= 4 is 22.9 Å². The molecule has 0 fully saturated rings.